The summed E-state index contributed by atoms with van der Waals surface area (Å²) in [5.74, 6) is -2.00. The third-order valence-electron chi connectivity index (χ3n) is 2.75. The highest BCUT2D eigenvalue weighted by molar-refractivity contribution is 5.93. The number of rotatable bonds is 3. The summed E-state index contributed by atoms with van der Waals surface area (Å²) in [5, 5.41) is 6.03. The molecule has 1 heterocycles. The van der Waals surface area contributed by atoms with E-state index in [0.29, 0.717) is 12.1 Å². The second-order valence-corrected chi connectivity index (χ2v) is 4.23. The highest BCUT2D eigenvalue weighted by Gasteiger charge is 2.34. The predicted molar refractivity (Wildman–Crippen MR) is 64.8 cm³/mol. The van der Waals surface area contributed by atoms with Crippen LogP contribution in [0.4, 0.5) is 23.2 Å². The maximum atomic E-state index is 13.1. The zero-order valence-corrected chi connectivity index (χ0v) is 10.7. The summed E-state index contributed by atoms with van der Waals surface area (Å²) in [6.45, 7) is 1.50. The first kappa shape index (κ1) is 14.9. The molecule has 0 saturated carbocycles. The summed E-state index contributed by atoms with van der Waals surface area (Å²) in [5.41, 5.74) is -1.59. The number of alkyl halides is 3. The monoisotopic (exact) mass is 302 g/mol. The Balaban J connectivity index is 2.18. The van der Waals surface area contributed by atoms with E-state index in [2.05, 4.69) is 15.4 Å². The summed E-state index contributed by atoms with van der Waals surface area (Å²) in [6, 6.07) is 1.48. The molecule has 0 spiro atoms. The molecular weight excluding hydrogens is 292 g/mol. The Morgan fingerprint density at radius 2 is 2.10 bits per heavy atom. The molecule has 21 heavy (non-hydrogen) atoms. The van der Waals surface area contributed by atoms with Crippen LogP contribution in [0.5, 0.6) is 0 Å². The molecule has 2 rings (SSSR count). The number of carbonyl (C=O) groups excluding carboxylic acids is 1. The molecule has 1 aromatic heterocycles. The molecule has 0 unspecified atom stereocenters. The summed E-state index contributed by atoms with van der Waals surface area (Å²) in [4.78, 5) is 15.5. The SMILES string of the molecule is C[C@H](C(=O)Nc1ccc(F)c(C(F)(F)F)c1)n1cncn1. The van der Waals surface area contributed by atoms with E-state index in [1.165, 1.54) is 24.3 Å². The molecule has 1 aromatic carbocycles. The minimum atomic E-state index is -4.83. The van der Waals surface area contributed by atoms with Crippen molar-refractivity contribution in [1.82, 2.24) is 14.8 Å². The van der Waals surface area contributed by atoms with Crippen molar-refractivity contribution in [3.63, 3.8) is 0 Å². The van der Waals surface area contributed by atoms with Crippen molar-refractivity contribution >= 4 is 11.6 Å². The number of hydrogen-bond donors (Lipinski definition) is 1. The quantitative estimate of drug-likeness (QED) is 0.887. The van der Waals surface area contributed by atoms with E-state index in [1.54, 1.807) is 0 Å². The lowest BCUT2D eigenvalue weighted by molar-refractivity contribution is -0.140. The van der Waals surface area contributed by atoms with Gasteiger partial charge in [0.1, 0.15) is 24.5 Å². The average molecular weight is 302 g/mol. The van der Waals surface area contributed by atoms with Gasteiger partial charge in [-0.25, -0.2) is 14.1 Å². The van der Waals surface area contributed by atoms with Crippen LogP contribution >= 0.6 is 0 Å². The molecule has 0 radical (unpaired) electrons. The maximum Gasteiger partial charge on any atom is 0.419 e. The van der Waals surface area contributed by atoms with Crippen LogP contribution in [0.25, 0.3) is 0 Å². The van der Waals surface area contributed by atoms with Crippen LogP contribution in [0.1, 0.15) is 18.5 Å². The second-order valence-electron chi connectivity index (χ2n) is 4.23. The van der Waals surface area contributed by atoms with Crippen LogP contribution in [-0.2, 0) is 11.0 Å². The van der Waals surface area contributed by atoms with E-state index < -0.39 is 29.5 Å². The van der Waals surface area contributed by atoms with Gasteiger partial charge in [0.05, 0.1) is 5.56 Å². The molecule has 9 heteroatoms. The second kappa shape index (κ2) is 5.51. The largest absolute Gasteiger partial charge is 0.419 e. The van der Waals surface area contributed by atoms with Crippen molar-refractivity contribution < 1.29 is 22.4 Å². The van der Waals surface area contributed by atoms with Gasteiger partial charge in [-0.3, -0.25) is 4.79 Å². The van der Waals surface area contributed by atoms with Crippen LogP contribution in [-0.4, -0.2) is 20.7 Å². The first-order valence-corrected chi connectivity index (χ1v) is 5.81. The van der Waals surface area contributed by atoms with Crippen molar-refractivity contribution in [1.29, 1.82) is 0 Å². The normalized spacial score (nSPS) is 13.0. The number of aromatic nitrogens is 3. The Kier molecular flexibility index (Phi) is 3.92. The number of hydrogen-bond acceptors (Lipinski definition) is 3. The van der Waals surface area contributed by atoms with E-state index in [9.17, 15) is 22.4 Å². The number of carbonyl (C=O) groups is 1. The van der Waals surface area contributed by atoms with Gasteiger partial charge in [-0.05, 0) is 25.1 Å². The summed E-state index contributed by atoms with van der Waals surface area (Å²) in [6.07, 6.45) is -2.30. The number of halogens is 4. The van der Waals surface area contributed by atoms with Crippen LogP contribution in [0, 0.1) is 5.82 Å². The molecule has 5 nitrogen and oxygen atoms in total. The molecule has 0 fully saturated rings. The number of benzene rings is 1. The minimum absolute atomic E-state index is 0.152. The molecule has 1 atom stereocenters. The fourth-order valence-electron chi connectivity index (χ4n) is 1.60. The predicted octanol–water partition coefficient (Wildman–Crippen LogP) is 2.64. The van der Waals surface area contributed by atoms with Crippen LogP contribution in [0.15, 0.2) is 30.9 Å². The van der Waals surface area contributed by atoms with Gasteiger partial charge in [0, 0.05) is 5.69 Å². The Morgan fingerprint density at radius 1 is 1.38 bits per heavy atom. The molecular formula is C12H10F4N4O. The molecule has 2 aromatic rings. The van der Waals surface area contributed by atoms with Gasteiger partial charge in [-0.2, -0.15) is 18.3 Å². The highest BCUT2D eigenvalue weighted by atomic mass is 19.4. The lowest BCUT2D eigenvalue weighted by Gasteiger charge is -2.14. The van der Waals surface area contributed by atoms with Gasteiger partial charge in [0.15, 0.2) is 0 Å². The first-order valence-electron chi connectivity index (χ1n) is 5.81. The molecule has 0 aliphatic carbocycles. The number of amides is 1. The average Bonchev–Trinajstić information content (AvgIpc) is 2.92. The van der Waals surface area contributed by atoms with Crippen LogP contribution < -0.4 is 5.32 Å². The Bertz CT molecular complexity index is 639. The van der Waals surface area contributed by atoms with Gasteiger partial charge in [-0.1, -0.05) is 0 Å². The Morgan fingerprint density at radius 3 is 2.67 bits per heavy atom. The van der Waals surface area contributed by atoms with Gasteiger partial charge >= 0.3 is 6.18 Å². The molecule has 0 bridgehead atoms. The maximum absolute atomic E-state index is 13.1. The zero-order valence-electron chi connectivity index (χ0n) is 10.7. The van der Waals surface area contributed by atoms with Crippen LogP contribution in [0.2, 0.25) is 0 Å². The topological polar surface area (TPSA) is 59.8 Å². The van der Waals surface area contributed by atoms with Gasteiger partial charge in [-0.15, -0.1) is 0 Å². The fraction of sp³-hybridized carbons (Fsp3) is 0.250. The molecule has 0 saturated heterocycles. The van der Waals surface area contributed by atoms with Crippen molar-refractivity contribution in [2.24, 2.45) is 0 Å². The lowest BCUT2D eigenvalue weighted by atomic mass is 10.1. The first-order chi connectivity index (χ1) is 9.79. The number of anilines is 1. The minimum Gasteiger partial charge on any atom is -0.324 e. The van der Waals surface area contributed by atoms with Gasteiger partial charge in [0.25, 0.3) is 0 Å². The summed E-state index contributed by atoms with van der Waals surface area (Å²) in [7, 11) is 0. The van der Waals surface area contributed by atoms with Crippen molar-refractivity contribution in [2.75, 3.05) is 5.32 Å². The standard InChI is InChI=1S/C12H10F4N4O/c1-7(20-6-17-5-18-20)11(21)19-8-2-3-10(13)9(4-8)12(14,15)16/h2-7H,1H3,(H,19,21)/t7-/m1/s1. The Hall–Kier alpha value is -2.45. The summed E-state index contributed by atoms with van der Waals surface area (Å²) >= 11 is 0. The van der Waals surface area contributed by atoms with E-state index in [-0.39, 0.29) is 5.69 Å². The zero-order chi connectivity index (χ0) is 15.6. The lowest BCUT2D eigenvalue weighted by Crippen LogP contribution is -2.24. The fourth-order valence-corrected chi connectivity index (χ4v) is 1.60. The Labute approximate surface area is 116 Å². The molecule has 1 amide bonds. The molecule has 0 aliphatic rings. The number of nitrogens with zero attached hydrogens (tertiary/aromatic N) is 3. The van der Waals surface area contributed by atoms with Gasteiger partial charge in [0.2, 0.25) is 5.91 Å². The van der Waals surface area contributed by atoms with E-state index in [0.717, 1.165) is 6.07 Å². The van der Waals surface area contributed by atoms with E-state index in [4.69, 9.17) is 0 Å². The van der Waals surface area contributed by atoms with Crippen molar-refractivity contribution in [3.05, 3.63) is 42.2 Å². The van der Waals surface area contributed by atoms with Crippen molar-refractivity contribution in [2.45, 2.75) is 19.1 Å². The van der Waals surface area contributed by atoms with Crippen LogP contribution in [0.3, 0.4) is 0 Å². The highest BCUT2D eigenvalue weighted by Crippen LogP contribution is 2.33. The van der Waals surface area contributed by atoms with Gasteiger partial charge < -0.3 is 5.32 Å². The molecule has 0 aliphatic heterocycles. The molecule has 1 N–H and O–H groups in total. The number of nitrogens with one attached hydrogen (secondary N) is 1. The van der Waals surface area contributed by atoms with E-state index in [1.807, 2.05) is 0 Å². The van der Waals surface area contributed by atoms with E-state index >= 15 is 0 Å². The molecule has 112 valence electrons. The summed E-state index contributed by atoms with van der Waals surface area (Å²) < 4.78 is 52.1. The van der Waals surface area contributed by atoms with Crippen molar-refractivity contribution in [3.8, 4) is 0 Å². The third kappa shape index (κ3) is 3.36. The smallest absolute Gasteiger partial charge is 0.324 e. The third-order valence-corrected chi connectivity index (χ3v) is 2.75.